The zero-order valence-corrected chi connectivity index (χ0v) is 10.4. The molecule has 2 aromatic rings. The monoisotopic (exact) mass is 247 g/mol. The largest absolute Gasteiger partial charge is 0.489 e. The van der Waals surface area contributed by atoms with Crippen LogP contribution in [0.5, 0.6) is 5.75 Å². The van der Waals surface area contributed by atoms with Crippen molar-refractivity contribution in [2.45, 2.75) is 6.61 Å². The maximum absolute atomic E-state index is 6.15. The van der Waals surface area contributed by atoms with Crippen LogP contribution in [0.1, 0.15) is 5.56 Å². The van der Waals surface area contributed by atoms with Crippen LogP contribution in [-0.2, 0) is 6.61 Å². The van der Waals surface area contributed by atoms with Gasteiger partial charge >= 0.3 is 0 Å². The van der Waals surface area contributed by atoms with Crippen molar-refractivity contribution in [3.8, 4) is 5.75 Å². The zero-order valence-electron chi connectivity index (χ0n) is 9.61. The molecule has 2 rings (SSSR count). The van der Waals surface area contributed by atoms with Crippen LogP contribution in [0.2, 0.25) is 5.02 Å². The summed E-state index contributed by atoms with van der Waals surface area (Å²) >= 11 is 6.15. The van der Waals surface area contributed by atoms with Crippen LogP contribution in [0.25, 0.3) is 0 Å². The number of nitrogens with one attached hydrogen (secondary N) is 1. The number of benzene rings is 2. The molecule has 0 radical (unpaired) electrons. The van der Waals surface area contributed by atoms with Gasteiger partial charge in [-0.3, -0.25) is 0 Å². The van der Waals surface area contributed by atoms with Gasteiger partial charge in [0.05, 0.1) is 0 Å². The van der Waals surface area contributed by atoms with E-state index >= 15 is 0 Å². The van der Waals surface area contributed by atoms with Crippen molar-refractivity contribution in [1.29, 1.82) is 0 Å². The highest BCUT2D eigenvalue weighted by Gasteiger charge is 2.02. The smallest absolute Gasteiger partial charge is 0.119 e. The Morgan fingerprint density at radius 2 is 1.88 bits per heavy atom. The predicted molar refractivity (Wildman–Crippen MR) is 71.8 cm³/mol. The topological polar surface area (TPSA) is 21.3 Å². The Kier molecular flexibility index (Phi) is 3.89. The summed E-state index contributed by atoms with van der Waals surface area (Å²) < 4.78 is 5.64. The fourth-order valence-electron chi connectivity index (χ4n) is 1.50. The summed E-state index contributed by atoms with van der Waals surface area (Å²) in [5.41, 5.74) is 1.98. The van der Waals surface area contributed by atoms with E-state index in [2.05, 4.69) is 5.32 Å². The molecular formula is C14H14ClNO. The third kappa shape index (κ3) is 3.14. The standard InChI is InChI=1S/C14H14ClNO/c1-16-12-8-7-11(14(15)9-12)10-17-13-5-3-2-4-6-13/h2-9,16H,10H2,1H3. The lowest BCUT2D eigenvalue weighted by Gasteiger charge is -2.09. The van der Waals surface area contributed by atoms with Crippen LogP contribution in [-0.4, -0.2) is 7.05 Å². The molecule has 0 spiro atoms. The first-order valence-electron chi connectivity index (χ1n) is 5.43. The highest BCUT2D eigenvalue weighted by Crippen LogP contribution is 2.22. The molecule has 0 aliphatic heterocycles. The van der Waals surface area contributed by atoms with E-state index in [4.69, 9.17) is 16.3 Å². The van der Waals surface area contributed by atoms with E-state index in [1.165, 1.54) is 0 Å². The summed E-state index contributed by atoms with van der Waals surface area (Å²) in [6.45, 7) is 0.479. The molecule has 0 atom stereocenters. The Morgan fingerprint density at radius 1 is 1.12 bits per heavy atom. The Hall–Kier alpha value is -1.67. The van der Waals surface area contributed by atoms with Gasteiger partial charge in [-0.1, -0.05) is 35.9 Å². The summed E-state index contributed by atoms with van der Waals surface area (Å²) in [6.07, 6.45) is 0. The Bertz CT molecular complexity index is 485. The van der Waals surface area contributed by atoms with E-state index < -0.39 is 0 Å². The van der Waals surface area contributed by atoms with E-state index in [1.807, 2.05) is 55.6 Å². The van der Waals surface area contributed by atoms with E-state index in [-0.39, 0.29) is 0 Å². The van der Waals surface area contributed by atoms with Crippen molar-refractivity contribution in [3.63, 3.8) is 0 Å². The van der Waals surface area contributed by atoms with Gasteiger partial charge in [-0.15, -0.1) is 0 Å². The second-order valence-electron chi connectivity index (χ2n) is 3.66. The molecule has 0 aliphatic rings. The van der Waals surface area contributed by atoms with Crippen LogP contribution < -0.4 is 10.1 Å². The summed E-state index contributed by atoms with van der Waals surface area (Å²) in [5.74, 6) is 0.848. The fourth-order valence-corrected chi connectivity index (χ4v) is 1.73. The summed E-state index contributed by atoms with van der Waals surface area (Å²) in [4.78, 5) is 0. The van der Waals surface area contributed by atoms with Crippen molar-refractivity contribution in [3.05, 3.63) is 59.1 Å². The van der Waals surface area contributed by atoms with Crippen LogP contribution in [0.15, 0.2) is 48.5 Å². The van der Waals surface area contributed by atoms with Gasteiger partial charge in [-0.05, 0) is 24.3 Å². The van der Waals surface area contributed by atoms with Gasteiger partial charge in [0.1, 0.15) is 12.4 Å². The van der Waals surface area contributed by atoms with E-state index in [0.29, 0.717) is 11.6 Å². The van der Waals surface area contributed by atoms with Crippen molar-refractivity contribution in [2.24, 2.45) is 0 Å². The molecule has 2 nitrogen and oxygen atoms in total. The van der Waals surface area contributed by atoms with Crippen LogP contribution in [0.3, 0.4) is 0 Å². The highest BCUT2D eigenvalue weighted by molar-refractivity contribution is 6.31. The van der Waals surface area contributed by atoms with E-state index in [9.17, 15) is 0 Å². The molecule has 0 saturated carbocycles. The van der Waals surface area contributed by atoms with E-state index in [1.54, 1.807) is 0 Å². The molecule has 0 amide bonds. The zero-order chi connectivity index (χ0) is 12.1. The van der Waals surface area contributed by atoms with Gasteiger partial charge in [-0.2, -0.15) is 0 Å². The predicted octanol–water partition coefficient (Wildman–Crippen LogP) is 3.96. The van der Waals surface area contributed by atoms with Gasteiger partial charge in [0, 0.05) is 23.3 Å². The number of hydrogen-bond acceptors (Lipinski definition) is 2. The number of hydrogen-bond donors (Lipinski definition) is 1. The molecule has 0 saturated heterocycles. The van der Waals surface area contributed by atoms with Crippen molar-refractivity contribution < 1.29 is 4.74 Å². The summed E-state index contributed by atoms with van der Waals surface area (Å²) in [5, 5.41) is 3.76. The SMILES string of the molecule is CNc1ccc(COc2ccccc2)c(Cl)c1. The number of anilines is 1. The van der Waals surface area contributed by atoms with Crippen LogP contribution in [0.4, 0.5) is 5.69 Å². The molecule has 0 aliphatic carbocycles. The minimum absolute atomic E-state index is 0.479. The molecule has 1 N–H and O–H groups in total. The first-order valence-corrected chi connectivity index (χ1v) is 5.81. The quantitative estimate of drug-likeness (QED) is 0.883. The molecule has 3 heteroatoms. The molecule has 0 fully saturated rings. The average Bonchev–Trinajstić information content (AvgIpc) is 2.38. The molecule has 0 aromatic heterocycles. The lowest BCUT2D eigenvalue weighted by molar-refractivity contribution is 0.306. The van der Waals surface area contributed by atoms with Gasteiger partial charge in [-0.25, -0.2) is 0 Å². The molecule has 88 valence electrons. The van der Waals surface area contributed by atoms with E-state index in [0.717, 1.165) is 17.0 Å². The minimum Gasteiger partial charge on any atom is -0.489 e. The third-order valence-electron chi connectivity index (χ3n) is 2.48. The lowest BCUT2D eigenvalue weighted by Crippen LogP contribution is -1.97. The average molecular weight is 248 g/mol. The van der Waals surface area contributed by atoms with Crippen molar-refractivity contribution in [1.82, 2.24) is 0 Å². The van der Waals surface area contributed by atoms with Crippen LogP contribution >= 0.6 is 11.6 Å². The molecule has 0 heterocycles. The molecular weight excluding hydrogens is 234 g/mol. The number of para-hydroxylation sites is 1. The summed E-state index contributed by atoms with van der Waals surface area (Å²) in [7, 11) is 1.87. The van der Waals surface area contributed by atoms with Gasteiger partial charge in [0.2, 0.25) is 0 Å². The number of rotatable bonds is 4. The maximum atomic E-state index is 6.15. The molecule has 2 aromatic carbocycles. The fraction of sp³-hybridized carbons (Fsp3) is 0.143. The maximum Gasteiger partial charge on any atom is 0.119 e. The minimum atomic E-state index is 0.479. The number of halogens is 1. The summed E-state index contributed by atoms with van der Waals surface area (Å²) in [6, 6.07) is 15.5. The third-order valence-corrected chi connectivity index (χ3v) is 2.83. The number of ether oxygens (including phenoxy) is 1. The molecule has 0 bridgehead atoms. The Morgan fingerprint density at radius 3 is 2.53 bits per heavy atom. The lowest BCUT2D eigenvalue weighted by atomic mass is 10.2. The van der Waals surface area contributed by atoms with Gasteiger partial charge in [0.25, 0.3) is 0 Å². The van der Waals surface area contributed by atoms with Gasteiger partial charge in [0.15, 0.2) is 0 Å². The van der Waals surface area contributed by atoms with Gasteiger partial charge < -0.3 is 10.1 Å². The normalized spacial score (nSPS) is 10.0. The van der Waals surface area contributed by atoms with Crippen molar-refractivity contribution in [2.75, 3.05) is 12.4 Å². The second kappa shape index (κ2) is 5.60. The molecule has 17 heavy (non-hydrogen) atoms. The highest BCUT2D eigenvalue weighted by atomic mass is 35.5. The van der Waals surface area contributed by atoms with Crippen molar-refractivity contribution >= 4 is 17.3 Å². The second-order valence-corrected chi connectivity index (χ2v) is 4.07. The Balaban J connectivity index is 2.04. The first-order chi connectivity index (χ1) is 8.29. The Labute approximate surface area is 106 Å². The molecule has 0 unspecified atom stereocenters. The first kappa shape index (κ1) is 11.8. The van der Waals surface area contributed by atoms with Crippen LogP contribution in [0, 0.1) is 0 Å².